The lowest BCUT2D eigenvalue weighted by Crippen LogP contribution is -2.43. The third-order valence-electron chi connectivity index (χ3n) is 7.33. The minimum atomic E-state index is -0.195. The number of nitrogens with zero attached hydrogens (tertiary/aromatic N) is 5. The Kier molecular flexibility index (Phi) is 4.69. The lowest BCUT2D eigenvalue weighted by atomic mass is 9.73. The van der Waals surface area contributed by atoms with Gasteiger partial charge in [-0.05, 0) is 66.8 Å². The van der Waals surface area contributed by atoms with E-state index in [0.29, 0.717) is 0 Å². The third-order valence-corrected chi connectivity index (χ3v) is 7.33. The molecule has 1 fully saturated rings. The van der Waals surface area contributed by atoms with E-state index < -0.39 is 0 Å². The number of aromatic nitrogens is 5. The Labute approximate surface area is 208 Å². The highest BCUT2D eigenvalue weighted by Gasteiger charge is 2.34. The van der Waals surface area contributed by atoms with E-state index in [1.54, 1.807) is 6.20 Å². The SMILES string of the molecule is NC1(c2ccc(-n3nc(-c4ccccn4)[n+]4ccc5ncc(-c6ccccc6)cc5c34)cc2)CCC1. The molecule has 0 spiro atoms. The molecule has 4 heterocycles. The monoisotopic (exact) mass is 469 g/mol. The number of hydrogen-bond acceptors (Lipinski definition) is 4. The van der Waals surface area contributed by atoms with Crippen molar-refractivity contribution in [1.29, 1.82) is 0 Å². The fraction of sp³-hybridized carbons (Fsp3) is 0.133. The molecule has 0 radical (unpaired) electrons. The molecule has 1 aliphatic carbocycles. The summed E-state index contributed by atoms with van der Waals surface area (Å²) in [5.41, 5.74) is 13.4. The summed E-state index contributed by atoms with van der Waals surface area (Å²) in [5.74, 6) is 0.774. The molecule has 0 aliphatic heterocycles. The molecule has 174 valence electrons. The van der Waals surface area contributed by atoms with Gasteiger partial charge in [0.15, 0.2) is 0 Å². The van der Waals surface area contributed by atoms with Gasteiger partial charge in [-0.1, -0.05) is 53.2 Å². The van der Waals surface area contributed by atoms with Crippen LogP contribution in [0.4, 0.5) is 0 Å². The molecule has 6 heteroatoms. The van der Waals surface area contributed by atoms with Gasteiger partial charge >= 0.3 is 5.82 Å². The standard InChI is InChI=1S/C30H25N6/c31-30(15-6-16-30)23-10-12-24(13-11-23)36-29-25-19-22(21-7-2-1-3-8-21)20-33-26(25)14-18-35(29)28(34-36)27-9-4-5-17-32-27/h1-5,7-14,17-20H,6,15-16,31H2/q+1. The Morgan fingerprint density at radius 2 is 1.64 bits per heavy atom. The van der Waals surface area contributed by atoms with Crippen LogP contribution >= 0.6 is 0 Å². The van der Waals surface area contributed by atoms with Gasteiger partial charge in [-0.25, -0.2) is 4.98 Å². The second-order valence-electron chi connectivity index (χ2n) is 9.54. The van der Waals surface area contributed by atoms with Gasteiger partial charge < -0.3 is 5.73 Å². The van der Waals surface area contributed by atoms with Gasteiger partial charge in [-0.15, -0.1) is 0 Å². The second kappa shape index (κ2) is 8.07. The number of benzene rings is 2. The normalized spacial score (nSPS) is 14.7. The summed E-state index contributed by atoms with van der Waals surface area (Å²) >= 11 is 0. The third kappa shape index (κ3) is 3.30. The van der Waals surface area contributed by atoms with Crippen molar-refractivity contribution in [1.82, 2.24) is 19.7 Å². The van der Waals surface area contributed by atoms with Crippen molar-refractivity contribution in [2.75, 3.05) is 0 Å². The maximum absolute atomic E-state index is 6.59. The van der Waals surface area contributed by atoms with Gasteiger partial charge in [0.05, 0.1) is 22.2 Å². The molecule has 6 nitrogen and oxygen atoms in total. The van der Waals surface area contributed by atoms with Crippen LogP contribution in [-0.4, -0.2) is 19.7 Å². The van der Waals surface area contributed by atoms with Crippen LogP contribution in [0.2, 0.25) is 0 Å². The van der Waals surface area contributed by atoms with Crippen LogP contribution in [0.15, 0.2) is 104 Å². The van der Waals surface area contributed by atoms with E-state index in [4.69, 9.17) is 15.8 Å². The Morgan fingerprint density at radius 3 is 2.36 bits per heavy atom. The van der Waals surface area contributed by atoms with Gasteiger partial charge in [0.25, 0.3) is 5.65 Å². The number of pyridine rings is 3. The molecular formula is C30H25N6+. The Morgan fingerprint density at radius 1 is 0.833 bits per heavy atom. The maximum Gasteiger partial charge on any atom is 0.332 e. The van der Waals surface area contributed by atoms with Crippen LogP contribution in [0.5, 0.6) is 0 Å². The van der Waals surface area contributed by atoms with E-state index in [1.165, 1.54) is 12.0 Å². The number of hydrogen-bond donors (Lipinski definition) is 1. The lowest BCUT2D eigenvalue weighted by molar-refractivity contribution is -0.498. The summed E-state index contributed by atoms with van der Waals surface area (Å²) in [7, 11) is 0. The molecule has 6 aromatic rings. The molecule has 4 aromatic heterocycles. The van der Waals surface area contributed by atoms with Crippen molar-refractivity contribution in [2.24, 2.45) is 5.73 Å². The Hall–Kier alpha value is -4.42. The molecule has 7 rings (SSSR count). The summed E-state index contributed by atoms with van der Waals surface area (Å²) in [6, 6.07) is 29.0. The van der Waals surface area contributed by atoms with E-state index in [9.17, 15) is 0 Å². The van der Waals surface area contributed by atoms with E-state index in [2.05, 4.69) is 51.8 Å². The first kappa shape index (κ1) is 20.9. The van der Waals surface area contributed by atoms with Crippen LogP contribution in [0, 0.1) is 0 Å². The van der Waals surface area contributed by atoms with Gasteiger partial charge in [0.2, 0.25) is 0 Å². The minimum absolute atomic E-state index is 0.195. The first-order valence-electron chi connectivity index (χ1n) is 12.3. The van der Waals surface area contributed by atoms with Crippen LogP contribution in [0.25, 0.3) is 44.9 Å². The molecule has 1 aliphatic rings. The van der Waals surface area contributed by atoms with Gasteiger partial charge in [-0.3, -0.25) is 4.98 Å². The molecule has 2 N–H and O–H groups in total. The highest BCUT2D eigenvalue weighted by molar-refractivity contribution is 5.93. The predicted molar refractivity (Wildman–Crippen MR) is 140 cm³/mol. The summed E-state index contributed by atoms with van der Waals surface area (Å²) in [6.45, 7) is 0. The summed E-state index contributed by atoms with van der Waals surface area (Å²) in [5, 5.41) is 6.09. The summed E-state index contributed by atoms with van der Waals surface area (Å²) < 4.78 is 4.10. The zero-order valence-corrected chi connectivity index (χ0v) is 19.7. The number of nitrogens with two attached hydrogens (primary N) is 1. The van der Waals surface area contributed by atoms with E-state index in [1.807, 2.05) is 59.5 Å². The average Bonchev–Trinajstić information content (AvgIpc) is 3.33. The van der Waals surface area contributed by atoms with Crippen molar-refractivity contribution in [2.45, 2.75) is 24.8 Å². The second-order valence-corrected chi connectivity index (χ2v) is 9.54. The topological polar surface area (TPSA) is 73.7 Å². The lowest BCUT2D eigenvalue weighted by Gasteiger charge is -2.38. The van der Waals surface area contributed by atoms with Gasteiger partial charge in [0.1, 0.15) is 11.4 Å². The van der Waals surface area contributed by atoms with Crippen molar-refractivity contribution in [3.05, 3.63) is 109 Å². The highest BCUT2D eigenvalue weighted by Crippen LogP contribution is 2.39. The molecule has 2 aromatic carbocycles. The molecule has 36 heavy (non-hydrogen) atoms. The quantitative estimate of drug-likeness (QED) is 0.359. The first-order valence-corrected chi connectivity index (χ1v) is 12.3. The van der Waals surface area contributed by atoms with Crippen molar-refractivity contribution in [3.63, 3.8) is 0 Å². The molecule has 0 amide bonds. The fourth-order valence-corrected chi connectivity index (χ4v) is 5.13. The first-order chi connectivity index (χ1) is 17.7. The van der Waals surface area contributed by atoms with Crippen molar-refractivity contribution in [3.8, 4) is 28.3 Å². The molecule has 0 saturated heterocycles. The maximum atomic E-state index is 6.59. The smallest absolute Gasteiger partial charge is 0.321 e. The predicted octanol–water partition coefficient (Wildman–Crippen LogP) is 5.23. The average molecular weight is 470 g/mol. The molecule has 0 atom stereocenters. The van der Waals surface area contributed by atoms with Crippen LogP contribution in [0.1, 0.15) is 24.8 Å². The molecular weight excluding hydrogens is 444 g/mol. The van der Waals surface area contributed by atoms with Crippen LogP contribution in [0.3, 0.4) is 0 Å². The van der Waals surface area contributed by atoms with Gasteiger partial charge in [0, 0.05) is 23.5 Å². The van der Waals surface area contributed by atoms with E-state index in [0.717, 1.165) is 57.7 Å². The Bertz CT molecular complexity index is 1700. The number of fused-ring (bicyclic) bond motifs is 3. The summed E-state index contributed by atoms with van der Waals surface area (Å²) in [6.07, 6.45) is 9.02. The Balaban J connectivity index is 1.48. The largest absolute Gasteiger partial charge is 0.332 e. The fourth-order valence-electron chi connectivity index (χ4n) is 5.13. The summed E-state index contributed by atoms with van der Waals surface area (Å²) in [4.78, 5) is 9.39. The zero-order chi connectivity index (χ0) is 24.1. The van der Waals surface area contributed by atoms with Gasteiger partial charge in [-0.2, -0.15) is 4.40 Å². The van der Waals surface area contributed by atoms with E-state index in [-0.39, 0.29) is 5.54 Å². The molecule has 1 saturated carbocycles. The molecule has 0 unspecified atom stereocenters. The van der Waals surface area contributed by atoms with Crippen LogP contribution < -0.4 is 10.1 Å². The van der Waals surface area contributed by atoms with Crippen molar-refractivity contribution >= 4 is 16.6 Å². The molecule has 0 bridgehead atoms. The van der Waals surface area contributed by atoms with Crippen molar-refractivity contribution < 1.29 is 4.40 Å². The van der Waals surface area contributed by atoms with Crippen LogP contribution in [-0.2, 0) is 5.54 Å². The van der Waals surface area contributed by atoms with E-state index >= 15 is 0 Å². The zero-order valence-electron chi connectivity index (χ0n) is 19.7. The highest BCUT2D eigenvalue weighted by atomic mass is 15.4. The minimum Gasteiger partial charge on any atom is -0.321 e. The number of rotatable bonds is 4.